The molecule has 1 aliphatic heterocycles. The van der Waals surface area contributed by atoms with Crippen LogP contribution in [0.1, 0.15) is 37.8 Å². The van der Waals surface area contributed by atoms with E-state index in [0.29, 0.717) is 24.8 Å². The number of sulfonamides is 1. The first-order valence-electron chi connectivity index (χ1n) is 10.7. The van der Waals surface area contributed by atoms with Crippen LogP contribution >= 0.6 is 0 Å². The largest absolute Gasteiger partial charge is 0.493 e. The predicted molar refractivity (Wildman–Crippen MR) is 121 cm³/mol. The summed E-state index contributed by atoms with van der Waals surface area (Å²) in [6.45, 7) is 10.6. The highest BCUT2D eigenvalue weighted by molar-refractivity contribution is 7.92. The van der Waals surface area contributed by atoms with Crippen LogP contribution < -0.4 is 9.04 Å². The summed E-state index contributed by atoms with van der Waals surface area (Å²) in [5.74, 6) is 1.23. The van der Waals surface area contributed by atoms with Crippen LogP contribution in [-0.4, -0.2) is 34.8 Å². The summed E-state index contributed by atoms with van der Waals surface area (Å²) in [5, 5.41) is 0. The van der Waals surface area contributed by atoms with Gasteiger partial charge in [-0.2, -0.15) is 0 Å². The number of anilines is 1. The molecule has 5 nitrogen and oxygen atoms in total. The Hall–Kier alpha value is -2.05. The van der Waals surface area contributed by atoms with Gasteiger partial charge in [-0.1, -0.05) is 37.6 Å². The fraction of sp³-hybridized carbons (Fsp3) is 0.500. The third kappa shape index (κ3) is 5.55. The SMILES string of the molecule is Cc1ccc(N(CC(C)C)S(=O)(=O)c2cccc(OCC3CCOCC3)c2)c(C)c1. The van der Waals surface area contributed by atoms with Crippen LogP contribution in [0.5, 0.6) is 5.75 Å². The summed E-state index contributed by atoms with van der Waals surface area (Å²) in [5.41, 5.74) is 2.79. The first kappa shape index (κ1) is 22.6. The van der Waals surface area contributed by atoms with Crippen molar-refractivity contribution < 1.29 is 17.9 Å². The molecule has 1 aliphatic rings. The maximum absolute atomic E-state index is 13.6. The normalized spacial score (nSPS) is 15.4. The Kier molecular flexibility index (Phi) is 7.42. The molecule has 0 atom stereocenters. The van der Waals surface area contributed by atoms with Crippen molar-refractivity contribution in [2.24, 2.45) is 11.8 Å². The van der Waals surface area contributed by atoms with Gasteiger partial charge in [0.1, 0.15) is 5.75 Å². The average Bonchev–Trinajstić information content (AvgIpc) is 2.72. The smallest absolute Gasteiger partial charge is 0.264 e. The van der Waals surface area contributed by atoms with E-state index >= 15 is 0 Å². The van der Waals surface area contributed by atoms with Crippen molar-refractivity contribution in [1.29, 1.82) is 0 Å². The number of hydrogen-bond donors (Lipinski definition) is 0. The molecule has 0 bridgehead atoms. The fourth-order valence-corrected chi connectivity index (χ4v) is 5.45. The Morgan fingerprint density at radius 2 is 1.83 bits per heavy atom. The van der Waals surface area contributed by atoms with Gasteiger partial charge in [0.25, 0.3) is 10.0 Å². The Balaban J connectivity index is 1.87. The van der Waals surface area contributed by atoms with Gasteiger partial charge in [-0.05, 0) is 62.3 Å². The third-order valence-electron chi connectivity index (χ3n) is 5.37. The van der Waals surface area contributed by atoms with E-state index < -0.39 is 10.0 Å². The Morgan fingerprint density at radius 3 is 2.50 bits per heavy atom. The molecule has 0 aliphatic carbocycles. The van der Waals surface area contributed by atoms with Gasteiger partial charge in [0.15, 0.2) is 0 Å². The van der Waals surface area contributed by atoms with Crippen LogP contribution in [0.15, 0.2) is 47.4 Å². The second kappa shape index (κ2) is 9.84. The van der Waals surface area contributed by atoms with E-state index in [1.807, 2.05) is 52.0 Å². The van der Waals surface area contributed by atoms with Crippen molar-refractivity contribution in [3.8, 4) is 5.75 Å². The number of rotatable bonds is 8. The summed E-state index contributed by atoms with van der Waals surface area (Å²) >= 11 is 0. The van der Waals surface area contributed by atoms with E-state index in [2.05, 4.69) is 0 Å². The highest BCUT2D eigenvalue weighted by atomic mass is 32.2. The first-order valence-corrected chi connectivity index (χ1v) is 12.1. The molecule has 2 aromatic carbocycles. The molecule has 3 rings (SSSR count). The monoisotopic (exact) mass is 431 g/mol. The predicted octanol–water partition coefficient (Wildman–Crippen LogP) is 4.96. The molecule has 2 aromatic rings. The minimum atomic E-state index is -3.72. The zero-order valence-corrected chi connectivity index (χ0v) is 19.2. The topological polar surface area (TPSA) is 55.8 Å². The highest BCUT2D eigenvalue weighted by Gasteiger charge is 2.27. The third-order valence-corrected chi connectivity index (χ3v) is 7.15. The van der Waals surface area contributed by atoms with Crippen LogP contribution in [-0.2, 0) is 14.8 Å². The van der Waals surface area contributed by atoms with Crippen molar-refractivity contribution in [2.45, 2.75) is 45.4 Å². The minimum Gasteiger partial charge on any atom is -0.493 e. The summed E-state index contributed by atoms with van der Waals surface area (Å²) in [4.78, 5) is 0.257. The zero-order valence-electron chi connectivity index (χ0n) is 18.4. The molecule has 0 N–H and O–H groups in total. The van der Waals surface area contributed by atoms with Gasteiger partial charge in [0.2, 0.25) is 0 Å². The number of ether oxygens (including phenoxy) is 2. The van der Waals surface area contributed by atoms with Crippen molar-refractivity contribution >= 4 is 15.7 Å². The second-order valence-corrected chi connectivity index (χ2v) is 10.4. The van der Waals surface area contributed by atoms with E-state index in [4.69, 9.17) is 9.47 Å². The molecule has 0 spiro atoms. The lowest BCUT2D eigenvalue weighted by atomic mass is 10.0. The van der Waals surface area contributed by atoms with Crippen LogP contribution in [0.4, 0.5) is 5.69 Å². The summed E-state index contributed by atoms with van der Waals surface area (Å²) in [7, 11) is -3.72. The molecular weight excluding hydrogens is 398 g/mol. The minimum absolute atomic E-state index is 0.188. The van der Waals surface area contributed by atoms with Gasteiger partial charge < -0.3 is 9.47 Å². The molecule has 1 fully saturated rings. The van der Waals surface area contributed by atoms with Crippen molar-refractivity contribution in [2.75, 3.05) is 30.7 Å². The highest BCUT2D eigenvalue weighted by Crippen LogP contribution is 2.30. The maximum Gasteiger partial charge on any atom is 0.264 e. The van der Waals surface area contributed by atoms with E-state index in [0.717, 1.165) is 42.9 Å². The molecule has 0 radical (unpaired) electrons. The van der Waals surface area contributed by atoms with Gasteiger partial charge in [0.05, 0.1) is 17.2 Å². The van der Waals surface area contributed by atoms with Crippen LogP contribution in [0.25, 0.3) is 0 Å². The molecule has 0 amide bonds. The summed E-state index contributed by atoms with van der Waals surface area (Å²) < 4.78 is 40.1. The molecule has 0 aromatic heterocycles. The fourth-order valence-electron chi connectivity index (χ4n) is 3.72. The van der Waals surface area contributed by atoms with E-state index in [1.54, 1.807) is 18.2 Å². The quantitative estimate of drug-likeness (QED) is 0.593. The molecule has 0 unspecified atom stereocenters. The van der Waals surface area contributed by atoms with Gasteiger partial charge >= 0.3 is 0 Å². The van der Waals surface area contributed by atoms with E-state index in [-0.39, 0.29) is 10.8 Å². The number of benzene rings is 2. The van der Waals surface area contributed by atoms with Gasteiger partial charge in [-0.25, -0.2) is 8.42 Å². The first-order chi connectivity index (χ1) is 14.3. The molecule has 6 heteroatoms. The lowest BCUT2D eigenvalue weighted by molar-refractivity contribution is 0.0497. The van der Waals surface area contributed by atoms with E-state index in [9.17, 15) is 8.42 Å². The Labute approximate surface area is 181 Å². The van der Waals surface area contributed by atoms with Gasteiger partial charge in [-0.3, -0.25) is 4.31 Å². The van der Waals surface area contributed by atoms with Crippen LogP contribution in [0.2, 0.25) is 0 Å². The number of aryl methyl sites for hydroxylation is 2. The van der Waals surface area contributed by atoms with Crippen LogP contribution in [0.3, 0.4) is 0 Å². The second-order valence-electron chi connectivity index (χ2n) is 8.56. The maximum atomic E-state index is 13.6. The standard InChI is InChI=1S/C24H33NO4S/c1-18(2)16-25(24-9-8-19(3)14-20(24)4)30(26,27)23-7-5-6-22(15-23)29-17-21-10-12-28-13-11-21/h5-9,14-15,18,21H,10-13,16-17H2,1-4H3. The van der Waals surface area contributed by atoms with Crippen molar-refractivity contribution in [3.05, 3.63) is 53.6 Å². The molecule has 164 valence electrons. The molecule has 30 heavy (non-hydrogen) atoms. The van der Waals surface area contributed by atoms with Gasteiger partial charge in [-0.15, -0.1) is 0 Å². The Bertz CT molecular complexity index is 949. The van der Waals surface area contributed by atoms with E-state index in [1.165, 1.54) is 4.31 Å². The van der Waals surface area contributed by atoms with Crippen molar-refractivity contribution in [1.82, 2.24) is 0 Å². The van der Waals surface area contributed by atoms with Crippen molar-refractivity contribution in [3.63, 3.8) is 0 Å². The lowest BCUT2D eigenvalue weighted by Gasteiger charge is -2.28. The number of hydrogen-bond acceptors (Lipinski definition) is 4. The lowest BCUT2D eigenvalue weighted by Crippen LogP contribution is -2.34. The number of nitrogens with zero attached hydrogens (tertiary/aromatic N) is 1. The summed E-state index contributed by atoms with van der Waals surface area (Å²) in [6, 6.07) is 12.7. The molecule has 0 saturated carbocycles. The zero-order chi connectivity index (χ0) is 21.7. The molecular formula is C24H33NO4S. The Morgan fingerprint density at radius 1 is 1.10 bits per heavy atom. The van der Waals surface area contributed by atoms with Gasteiger partial charge in [0, 0.05) is 25.8 Å². The average molecular weight is 432 g/mol. The van der Waals surface area contributed by atoms with Crippen LogP contribution in [0, 0.1) is 25.7 Å². The molecule has 1 heterocycles. The molecule has 1 saturated heterocycles. The summed E-state index contributed by atoms with van der Waals surface area (Å²) in [6.07, 6.45) is 1.96.